The fraction of sp³-hybridized carbons (Fsp3) is 0.250. The van der Waals surface area contributed by atoms with Crippen molar-refractivity contribution in [2.24, 2.45) is 17.6 Å². The number of hydrogen-bond acceptors (Lipinski definition) is 10. The Kier molecular flexibility index (Phi) is 9.59. The molecule has 1 unspecified atom stereocenters. The lowest BCUT2D eigenvalue weighted by Crippen LogP contribution is -2.39. The molecule has 55 heavy (non-hydrogen) atoms. The average Bonchev–Trinajstić information content (AvgIpc) is 3.51. The Balaban J connectivity index is 0.000000172. The highest BCUT2D eigenvalue weighted by atomic mass is 19.2. The van der Waals surface area contributed by atoms with E-state index in [1.165, 1.54) is 24.3 Å². The number of anilines is 1. The molecular weight excluding hydrogens is 736 g/mol. The lowest BCUT2D eigenvalue weighted by atomic mass is 9.79. The summed E-state index contributed by atoms with van der Waals surface area (Å²) in [6.07, 6.45) is 5.57. The zero-order valence-corrected chi connectivity index (χ0v) is 28.5. The topological polar surface area (TPSA) is 178 Å². The van der Waals surface area contributed by atoms with Crippen molar-refractivity contribution in [3.8, 4) is 5.69 Å². The van der Waals surface area contributed by atoms with Crippen LogP contribution >= 0.6 is 0 Å². The lowest BCUT2D eigenvalue weighted by molar-refractivity contribution is -0.0134. The van der Waals surface area contributed by atoms with Crippen molar-refractivity contribution in [1.29, 1.82) is 0 Å². The number of nitrogens with zero attached hydrogens (tertiary/aromatic N) is 8. The van der Waals surface area contributed by atoms with Gasteiger partial charge in [-0.25, -0.2) is 55.8 Å². The van der Waals surface area contributed by atoms with Gasteiger partial charge in [0.1, 0.15) is 53.4 Å². The third-order valence-corrected chi connectivity index (χ3v) is 9.96. The molecule has 1 aliphatic heterocycles. The molecule has 4 aromatic heterocycles. The van der Waals surface area contributed by atoms with E-state index in [1.807, 2.05) is 0 Å². The van der Waals surface area contributed by atoms with Crippen LogP contribution in [0.15, 0.2) is 78.6 Å². The second-order valence-electron chi connectivity index (χ2n) is 13.2. The quantitative estimate of drug-likeness (QED) is 0.190. The van der Waals surface area contributed by atoms with Crippen molar-refractivity contribution in [2.45, 2.75) is 31.0 Å². The normalized spacial score (nSPS) is 19.0. The number of benzene rings is 2. The first-order valence-corrected chi connectivity index (χ1v) is 16.6. The van der Waals surface area contributed by atoms with Gasteiger partial charge in [0, 0.05) is 48.9 Å². The van der Waals surface area contributed by atoms with E-state index in [0.29, 0.717) is 25.2 Å². The summed E-state index contributed by atoms with van der Waals surface area (Å²) in [7, 11) is 0. The summed E-state index contributed by atoms with van der Waals surface area (Å²) in [5.74, 6) is -7.17. The molecular formula is C36H29F6N9O4. The summed E-state index contributed by atoms with van der Waals surface area (Å²) in [5.41, 5.74) is 1.69. The van der Waals surface area contributed by atoms with E-state index >= 15 is 0 Å². The van der Waals surface area contributed by atoms with Crippen molar-refractivity contribution >= 4 is 22.8 Å². The molecule has 4 N–H and O–H groups in total. The molecule has 284 valence electrons. The fourth-order valence-corrected chi connectivity index (χ4v) is 6.92. The number of halogens is 6. The fourth-order valence-electron chi connectivity index (χ4n) is 6.92. The number of nitrogens with two attached hydrogens (primary N) is 1. The van der Waals surface area contributed by atoms with Crippen LogP contribution in [0.5, 0.6) is 0 Å². The number of pyridine rings is 2. The van der Waals surface area contributed by atoms with Gasteiger partial charge in [0.2, 0.25) is 5.43 Å². The van der Waals surface area contributed by atoms with Crippen LogP contribution < -0.4 is 16.1 Å². The first-order valence-electron chi connectivity index (χ1n) is 16.6. The molecule has 0 bridgehead atoms. The molecule has 13 nitrogen and oxygen atoms in total. The highest BCUT2D eigenvalue weighted by Gasteiger charge is 2.54. The SMILES string of the molecule is C[C@@H](c1ncncc1F)[C@](O)(Cn1cncn1)c1ccc(F)cc1F.NC1[C@H]2CN(c3nc4c(cc3F)c(=O)c(C(=O)O)cn4-c3ccc(F)cc3F)C[C@@H]12. The van der Waals surface area contributed by atoms with Crippen molar-refractivity contribution < 1.29 is 41.4 Å². The maximum absolute atomic E-state index is 14.8. The van der Waals surface area contributed by atoms with E-state index in [9.17, 15) is 46.1 Å². The van der Waals surface area contributed by atoms with Crippen LogP contribution in [0.4, 0.5) is 32.2 Å². The number of carbonyl (C=O) groups is 1. The van der Waals surface area contributed by atoms with Gasteiger partial charge in [-0.15, -0.1) is 0 Å². The molecule has 5 heterocycles. The predicted molar refractivity (Wildman–Crippen MR) is 182 cm³/mol. The van der Waals surface area contributed by atoms with Gasteiger partial charge in [-0.2, -0.15) is 5.10 Å². The van der Waals surface area contributed by atoms with Crippen LogP contribution in [-0.4, -0.2) is 69.6 Å². The van der Waals surface area contributed by atoms with E-state index in [-0.39, 0.29) is 58.2 Å². The number of carboxylic acids is 1. The van der Waals surface area contributed by atoms with E-state index in [0.717, 1.165) is 53.6 Å². The summed E-state index contributed by atoms with van der Waals surface area (Å²) in [5, 5.41) is 24.2. The molecule has 0 radical (unpaired) electrons. The third-order valence-electron chi connectivity index (χ3n) is 9.96. The summed E-state index contributed by atoms with van der Waals surface area (Å²) in [4.78, 5) is 41.3. The van der Waals surface area contributed by atoms with E-state index in [1.54, 1.807) is 4.90 Å². The van der Waals surface area contributed by atoms with Gasteiger partial charge < -0.3 is 20.8 Å². The van der Waals surface area contributed by atoms with Crippen molar-refractivity contribution in [3.05, 3.63) is 136 Å². The Labute approximate surface area is 306 Å². The number of piperidine rings is 1. The summed E-state index contributed by atoms with van der Waals surface area (Å²) >= 11 is 0. The number of fused-ring (bicyclic) bond motifs is 2. The monoisotopic (exact) mass is 765 g/mol. The van der Waals surface area contributed by atoms with Crippen LogP contribution in [0.1, 0.15) is 34.5 Å². The molecule has 2 fully saturated rings. The smallest absolute Gasteiger partial charge is 0.341 e. The molecule has 2 aliphatic rings. The number of aromatic carboxylic acids is 1. The van der Waals surface area contributed by atoms with Crippen molar-refractivity contribution in [2.75, 3.05) is 18.0 Å². The Bertz CT molecular complexity index is 2490. The Morgan fingerprint density at radius 1 is 0.945 bits per heavy atom. The van der Waals surface area contributed by atoms with Gasteiger partial charge in [-0.1, -0.05) is 13.0 Å². The number of rotatable bonds is 8. The summed E-state index contributed by atoms with van der Waals surface area (Å²) in [6, 6.07) is 6.50. The molecule has 1 aliphatic carbocycles. The van der Waals surface area contributed by atoms with Gasteiger partial charge in [0.25, 0.3) is 0 Å². The van der Waals surface area contributed by atoms with E-state index in [2.05, 4.69) is 25.0 Å². The number of aromatic nitrogens is 7. The Morgan fingerprint density at radius 2 is 1.64 bits per heavy atom. The molecule has 2 aromatic carbocycles. The van der Waals surface area contributed by atoms with Crippen LogP contribution in [-0.2, 0) is 12.1 Å². The molecule has 1 saturated heterocycles. The second kappa shape index (κ2) is 14.2. The van der Waals surface area contributed by atoms with Crippen LogP contribution in [0.2, 0.25) is 0 Å². The van der Waals surface area contributed by atoms with Crippen molar-refractivity contribution in [1.82, 2.24) is 34.3 Å². The van der Waals surface area contributed by atoms with Gasteiger partial charge in [0.05, 0.1) is 29.5 Å². The maximum atomic E-state index is 14.8. The van der Waals surface area contributed by atoms with Crippen LogP contribution in [0.25, 0.3) is 16.7 Å². The third kappa shape index (κ3) is 6.87. The number of hydrogen-bond donors (Lipinski definition) is 3. The Morgan fingerprint density at radius 3 is 2.25 bits per heavy atom. The van der Waals surface area contributed by atoms with Gasteiger partial charge in [-0.05, 0) is 36.1 Å². The first-order chi connectivity index (χ1) is 26.2. The standard InChI is InChI=1S/C20H15F3N4O3.C16H14F3N5O/c21-8-1-2-15(13(22)3-8)27-7-12(20(29)30)17(28)9-4-14(23)19(25-18(9)27)26-5-10-11(6-26)16(10)24;1-10(15-14(19)5-20-7-22-15)16(25,6-24-9-21-8-23-24)12-3-2-11(17)4-13(12)18/h1-4,7,10-11,16H,5-6,24H2,(H,29,30);2-5,7-10,25H,6H2,1H3/t10-,11+,16?;10-,16+/m.0/s1. The molecule has 5 atom stereocenters. The highest BCUT2D eigenvalue weighted by Crippen LogP contribution is 2.45. The zero-order valence-electron chi connectivity index (χ0n) is 28.5. The lowest BCUT2D eigenvalue weighted by Gasteiger charge is -2.34. The molecule has 19 heteroatoms. The molecule has 8 rings (SSSR count). The first kappa shape index (κ1) is 37.1. The van der Waals surface area contributed by atoms with Gasteiger partial charge in [-0.3, -0.25) is 9.36 Å². The molecule has 0 spiro atoms. The predicted octanol–water partition coefficient (Wildman–Crippen LogP) is 4.07. The second-order valence-corrected chi connectivity index (χ2v) is 13.2. The average molecular weight is 766 g/mol. The molecule has 6 aromatic rings. The minimum atomic E-state index is -1.96. The van der Waals surface area contributed by atoms with Gasteiger partial charge in [0.15, 0.2) is 23.1 Å². The largest absolute Gasteiger partial charge is 0.477 e. The van der Waals surface area contributed by atoms with Crippen LogP contribution in [0, 0.1) is 46.7 Å². The molecule has 1 saturated carbocycles. The van der Waals surface area contributed by atoms with Crippen molar-refractivity contribution in [3.63, 3.8) is 0 Å². The highest BCUT2D eigenvalue weighted by molar-refractivity contribution is 5.92. The minimum Gasteiger partial charge on any atom is -0.477 e. The minimum absolute atomic E-state index is 0.0272. The van der Waals surface area contributed by atoms with Crippen LogP contribution in [0.3, 0.4) is 0 Å². The van der Waals surface area contributed by atoms with E-state index in [4.69, 9.17) is 5.73 Å². The zero-order chi connectivity index (χ0) is 39.3. The maximum Gasteiger partial charge on any atom is 0.341 e. The van der Waals surface area contributed by atoms with Gasteiger partial charge >= 0.3 is 5.97 Å². The Hall–Kier alpha value is -6.21. The van der Waals surface area contributed by atoms with E-state index < -0.39 is 63.4 Å². The summed E-state index contributed by atoms with van der Waals surface area (Å²) in [6.45, 7) is 2.26. The number of carboxylic acid groups (broad SMARTS) is 1. The summed E-state index contributed by atoms with van der Waals surface area (Å²) < 4.78 is 86.7. The number of aliphatic hydroxyl groups is 1. The molecule has 0 amide bonds.